The number of allylic oxidation sites excluding steroid dienone is 1. The fraction of sp³-hybridized carbons (Fsp3) is 0.467. The van der Waals surface area contributed by atoms with Crippen molar-refractivity contribution in [1.82, 2.24) is 9.97 Å². The molecule has 0 aliphatic rings. The summed E-state index contributed by atoms with van der Waals surface area (Å²) in [5.41, 5.74) is 2.72. The summed E-state index contributed by atoms with van der Waals surface area (Å²) in [5.74, 6) is 0.359. The van der Waals surface area contributed by atoms with E-state index in [0.717, 1.165) is 11.3 Å². The van der Waals surface area contributed by atoms with Gasteiger partial charge < -0.3 is 4.74 Å². The smallest absolute Gasteiger partial charge is 0.358 e. The zero-order valence-corrected chi connectivity index (χ0v) is 12.7. The van der Waals surface area contributed by atoms with Gasteiger partial charge in [0.05, 0.1) is 19.0 Å². The average molecular weight is 275 g/mol. The summed E-state index contributed by atoms with van der Waals surface area (Å²) >= 11 is 0. The average Bonchev–Trinajstić information content (AvgIpc) is 2.38. The predicted molar refractivity (Wildman–Crippen MR) is 79.5 cm³/mol. The van der Waals surface area contributed by atoms with Gasteiger partial charge in [0.25, 0.3) is 0 Å². The van der Waals surface area contributed by atoms with Crippen LogP contribution in [-0.2, 0) is 11.2 Å². The summed E-state index contributed by atoms with van der Waals surface area (Å²) in [7, 11) is 1.32. The summed E-state index contributed by atoms with van der Waals surface area (Å²) in [6, 6.07) is 0. The van der Waals surface area contributed by atoms with E-state index in [0.29, 0.717) is 23.9 Å². The lowest BCUT2D eigenvalue weighted by molar-refractivity contribution is 0.0593. The molecule has 0 spiro atoms. The van der Waals surface area contributed by atoms with Crippen molar-refractivity contribution in [2.75, 3.05) is 7.11 Å². The van der Waals surface area contributed by atoms with Gasteiger partial charge >= 0.3 is 5.97 Å². The molecule has 0 fully saturated rings. The number of aromatic nitrogens is 2. The third-order valence-corrected chi connectivity index (χ3v) is 2.80. The van der Waals surface area contributed by atoms with Crippen LogP contribution in [0.1, 0.15) is 43.9 Å². The molecule has 0 bridgehead atoms. The minimum atomic E-state index is -0.503. The number of aliphatic imine (C=N–C) groups is 1. The molecule has 0 aromatic carbocycles. The Morgan fingerprint density at radius 2 is 2.10 bits per heavy atom. The van der Waals surface area contributed by atoms with Crippen LogP contribution in [0.3, 0.4) is 0 Å². The molecule has 0 aliphatic heterocycles. The Kier molecular flexibility index (Phi) is 5.55. The standard InChI is InChI=1S/C15H21N3O2/c1-9(2)7-12-14(17-11(5)10(3)4)16-8-13(18-12)15(19)20-6/h8,10H,1,7H2,2-6H3. The van der Waals surface area contributed by atoms with E-state index in [9.17, 15) is 4.79 Å². The fourth-order valence-corrected chi connectivity index (χ4v) is 1.42. The van der Waals surface area contributed by atoms with Crippen LogP contribution in [0.5, 0.6) is 0 Å². The highest BCUT2D eigenvalue weighted by atomic mass is 16.5. The Hall–Kier alpha value is -2.04. The van der Waals surface area contributed by atoms with Crippen molar-refractivity contribution in [2.45, 2.75) is 34.1 Å². The number of esters is 1. The van der Waals surface area contributed by atoms with E-state index in [1.807, 2.05) is 13.8 Å². The number of carbonyl (C=O) groups excluding carboxylic acids is 1. The first-order valence-electron chi connectivity index (χ1n) is 6.49. The molecule has 0 saturated heterocycles. The molecule has 1 aromatic heterocycles. The van der Waals surface area contributed by atoms with Gasteiger partial charge in [0, 0.05) is 12.1 Å². The SMILES string of the molecule is C=C(C)Cc1nc(C(=O)OC)cnc1N=C(C)C(C)C. The highest BCUT2D eigenvalue weighted by Crippen LogP contribution is 2.19. The van der Waals surface area contributed by atoms with Crippen molar-refractivity contribution in [3.8, 4) is 0 Å². The van der Waals surface area contributed by atoms with Crippen LogP contribution < -0.4 is 0 Å². The van der Waals surface area contributed by atoms with E-state index in [4.69, 9.17) is 0 Å². The molecule has 0 saturated carbocycles. The topological polar surface area (TPSA) is 64.4 Å². The van der Waals surface area contributed by atoms with E-state index in [-0.39, 0.29) is 5.69 Å². The number of nitrogens with zero attached hydrogens (tertiary/aromatic N) is 3. The van der Waals surface area contributed by atoms with Crippen LogP contribution in [0.2, 0.25) is 0 Å². The third-order valence-electron chi connectivity index (χ3n) is 2.80. The van der Waals surface area contributed by atoms with E-state index in [1.165, 1.54) is 13.3 Å². The lowest BCUT2D eigenvalue weighted by Gasteiger charge is -2.08. The molecule has 20 heavy (non-hydrogen) atoms. The first kappa shape index (κ1) is 16.0. The van der Waals surface area contributed by atoms with Gasteiger partial charge in [-0.3, -0.25) is 0 Å². The van der Waals surface area contributed by atoms with Gasteiger partial charge in [-0.25, -0.2) is 19.8 Å². The Labute approximate surface area is 119 Å². The second-order valence-corrected chi connectivity index (χ2v) is 5.06. The largest absolute Gasteiger partial charge is 0.464 e. The summed E-state index contributed by atoms with van der Waals surface area (Å²) in [6.45, 7) is 11.8. The van der Waals surface area contributed by atoms with Crippen LogP contribution >= 0.6 is 0 Å². The van der Waals surface area contributed by atoms with E-state index in [2.05, 4.69) is 40.1 Å². The molecule has 0 radical (unpaired) electrons. The van der Waals surface area contributed by atoms with Crippen LogP contribution in [0.25, 0.3) is 0 Å². The van der Waals surface area contributed by atoms with Gasteiger partial charge in [-0.15, -0.1) is 0 Å². The van der Waals surface area contributed by atoms with Gasteiger partial charge in [-0.05, 0) is 19.8 Å². The van der Waals surface area contributed by atoms with Crippen molar-refractivity contribution in [3.63, 3.8) is 0 Å². The summed E-state index contributed by atoms with van der Waals surface area (Å²) in [6.07, 6.45) is 1.92. The molecular formula is C15H21N3O2. The maximum Gasteiger partial charge on any atom is 0.358 e. The molecule has 1 rings (SSSR count). The minimum absolute atomic E-state index is 0.185. The Balaban J connectivity index is 3.26. The molecular weight excluding hydrogens is 254 g/mol. The third kappa shape index (κ3) is 4.26. The molecule has 108 valence electrons. The maximum atomic E-state index is 11.5. The van der Waals surface area contributed by atoms with Crippen LogP contribution in [0, 0.1) is 5.92 Å². The number of carbonyl (C=O) groups is 1. The zero-order chi connectivity index (χ0) is 15.3. The molecule has 0 aliphatic carbocycles. The van der Waals surface area contributed by atoms with E-state index in [1.54, 1.807) is 0 Å². The summed E-state index contributed by atoms with van der Waals surface area (Å²) in [4.78, 5) is 24.5. The molecule has 0 amide bonds. The lowest BCUT2D eigenvalue weighted by atomic mass is 10.1. The lowest BCUT2D eigenvalue weighted by Crippen LogP contribution is -2.09. The second kappa shape index (κ2) is 6.93. The predicted octanol–water partition coefficient (Wildman–Crippen LogP) is 3.13. The number of ether oxygens (including phenoxy) is 1. The quantitative estimate of drug-likeness (QED) is 0.470. The fourth-order valence-electron chi connectivity index (χ4n) is 1.42. The van der Waals surface area contributed by atoms with E-state index >= 15 is 0 Å². The second-order valence-electron chi connectivity index (χ2n) is 5.06. The Morgan fingerprint density at radius 3 is 2.60 bits per heavy atom. The van der Waals surface area contributed by atoms with Gasteiger partial charge in [-0.1, -0.05) is 26.0 Å². The number of methoxy groups -OCH3 is 1. The first-order valence-corrected chi connectivity index (χ1v) is 6.49. The maximum absolute atomic E-state index is 11.5. The molecule has 1 aromatic rings. The van der Waals surface area contributed by atoms with Crippen LogP contribution in [-0.4, -0.2) is 28.8 Å². The van der Waals surface area contributed by atoms with Crippen molar-refractivity contribution < 1.29 is 9.53 Å². The van der Waals surface area contributed by atoms with Crippen molar-refractivity contribution >= 4 is 17.5 Å². The molecule has 0 unspecified atom stereocenters. The summed E-state index contributed by atoms with van der Waals surface area (Å²) in [5, 5.41) is 0. The van der Waals surface area contributed by atoms with Gasteiger partial charge in [0.15, 0.2) is 11.5 Å². The molecule has 1 heterocycles. The number of hydrogen-bond acceptors (Lipinski definition) is 5. The zero-order valence-electron chi connectivity index (χ0n) is 12.7. The van der Waals surface area contributed by atoms with Gasteiger partial charge in [-0.2, -0.15) is 0 Å². The summed E-state index contributed by atoms with van der Waals surface area (Å²) < 4.78 is 4.66. The van der Waals surface area contributed by atoms with Crippen LogP contribution in [0.4, 0.5) is 5.82 Å². The van der Waals surface area contributed by atoms with E-state index < -0.39 is 5.97 Å². The molecule has 5 heteroatoms. The number of rotatable bonds is 5. The Morgan fingerprint density at radius 1 is 1.45 bits per heavy atom. The van der Waals surface area contributed by atoms with Gasteiger partial charge in [0.1, 0.15) is 0 Å². The highest BCUT2D eigenvalue weighted by molar-refractivity contribution is 5.88. The number of hydrogen-bond donors (Lipinski definition) is 0. The normalized spacial score (nSPS) is 11.6. The van der Waals surface area contributed by atoms with Crippen molar-refractivity contribution in [2.24, 2.45) is 10.9 Å². The van der Waals surface area contributed by atoms with Crippen molar-refractivity contribution in [1.29, 1.82) is 0 Å². The Bertz CT molecular complexity index is 548. The van der Waals surface area contributed by atoms with Crippen molar-refractivity contribution in [3.05, 3.63) is 29.7 Å². The highest BCUT2D eigenvalue weighted by Gasteiger charge is 2.13. The monoisotopic (exact) mass is 275 g/mol. The molecule has 0 N–H and O–H groups in total. The van der Waals surface area contributed by atoms with Gasteiger partial charge in [0.2, 0.25) is 0 Å². The molecule has 5 nitrogen and oxygen atoms in total. The first-order chi connectivity index (χ1) is 9.35. The molecule has 0 atom stereocenters. The van der Waals surface area contributed by atoms with Crippen LogP contribution in [0.15, 0.2) is 23.3 Å². The minimum Gasteiger partial charge on any atom is -0.464 e.